The minimum Gasteiger partial charge on any atom is -0.348 e. The number of carbonyl (C=O) groups excluding carboxylic acids is 2. The van der Waals surface area contributed by atoms with E-state index in [4.69, 9.17) is 0 Å². The Kier molecular flexibility index (Phi) is 7.72. The Labute approximate surface area is 236 Å². The van der Waals surface area contributed by atoms with Gasteiger partial charge in [-0.3, -0.25) is 9.59 Å². The first-order valence-electron chi connectivity index (χ1n) is 13.8. The molecule has 41 heavy (non-hydrogen) atoms. The number of rotatable bonds is 5. The van der Waals surface area contributed by atoms with E-state index in [-0.39, 0.29) is 58.6 Å². The Bertz CT molecular complexity index is 1540. The van der Waals surface area contributed by atoms with Crippen molar-refractivity contribution in [2.45, 2.75) is 38.5 Å². The summed E-state index contributed by atoms with van der Waals surface area (Å²) in [6, 6.07) is 7.09. The molecule has 6 nitrogen and oxygen atoms in total. The van der Waals surface area contributed by atoms with Crippen molar-refractivity contribution in [1.29, 1.82) is 0 Å². The lowest BCUT2D eigenvalue weighted by Gasteiger charge is -2.32. The Morgan fingerprint density at radius 3 is 2.49 bits per heavy atom. The number of aromatic nitrogens is 1. The van der Waals surface area contributed by atoms with E-state index >= 15 is 8.78 Å². The zero-order valence-corrected chi connectivity index (χ0v) is 23.6. The largest absolute Gasteiger partial charge is 0.348 e. The summed E-state index contributed by atoms with van der Waals surface area (Å²) < 4.78 is 61.1. The van der Waals surface area contributed by atoms with E-state index in [2.05, 4.69) is 10.3 Å². The van der Waals surface area contributed by atoms with Crippen LogP contribution < -0.4 is 5.32 Å². The number of amides is 2. The van der Waals surface area contributed by atoms with Crippen LogP contribution in [0.3, 0.4) is 0 Å². The first-order valence-corrected chi connectivity index (χ1v) is 13.8. The molecule has 3 aromatic rings. The molecule has 1 saturated heterocycles. The summed E-state index contributed by atoms with van der Waals surface area (Å²) in [5.74, 6) is -6.12. The molecule has 218 valence electrons. The fourth-order valence-electron chi connectivity index (χ4n) is 5.78. The van der Waals surface area contributed by atoms with Crippen LogP contribution in [0.15, 0.2) is 36.4 Å². The van der Waals surface area contributed by atoms with Gasteiger partial charge in [-0.25, -0.2) is 17.6 Å². The second kappa shape index (κ2) is 11.0. The molecule has 2 aliphatic heterocycles. The molecule has 0 radical (unpaired) electrons. The van der Waals surface area contributed by atoms with Gasteiger partial charge in [0, 0.05) is 49.6 Å². The first-order chi connectivity index (χ1) is 19.4. The number of alkyl halides is 2. The summed E-state index contributed by atoms with van der Waals surface area (Å²) in [6.07, 6.45) is 2.57. The van der Waals surface area contributed by atoms with E-state index in [1.54, 1.807) is 32.8 Å². The van der Waals surface area contributed by atoms with Gasteiger partial charge < -0.3 is 20.1 Å². The van der Waals surface area contributed by atoms with Gasteiger partial charge in [-0.15, -0.1) is 0 Å². The maximum atomic E-state index is 16.1. The fourth-order valence-corrected chi connectivity index (χ4v) is 5.78. The third-order valence-corrected chi connectivity index (χ3v) is 7.96. The van der Waals surface area contributed by atoms with Crippen molar-refractivity contribution in [2.75, 3.05) is 40.3 Å². The highest BCUT2D eigenvalue weighted by molar-refractivity contribution is 6.04. The maximum Gasteiger partial charge on any atom is 0.269 e. The highest BCUT2D eigenvalue weighted by Gasteiger charge is 2.42. The van der Waals surface area contributed by atoms with E-state index in [9.17, 15) is 18.4 Å². The lowest BCUT2D eigenvalue weighted by atomic mass is 9.85. The van der Waals surface area contributed by atoms with Crippen molar-refractivity contribution in [3.63, 3.8) is 0 Å². The van der Waals surface area contributed by atoms with Gasteiger partial charge in [0.25, 0.3) is 11.8 Å². The second-order valence-corrected chi connectivity index (χ2v) is 11.4. The molecule has 10 heteroatoms. The van der Waals surface area contributed by atoms with Crippen LogP contribution in [0.1, 0.15) is 54.2 Å². The molecule has 2 aliphatic rings. The smallest absolute Gasteiger partial charge is 0.269 e. The Morgan fingerprint density at radius 1 is 1.07 bits per heavy atom. The lowest BCUT2D eigenvalue weighted by Crippen LogP contribution is -2.44. The summed E-state index contributed by atoms with van der Waals surface area (Å²) in [6.45, 7) is 4.25. The minimum atomic E-state index is -3.02. The topological polar surface area (TPSA) is 68.4 Å². The van der Waals surface area contributed by atoms with Gasteiger partial charge >= 0.3 is 0 Å². The molecule has 0 bridgehead atoms. The zero-order chi connectivity index (χ0) is 29.6. The third kappa shape index (κ3) is 5.37. The Morgan fingerprint density at radius 2 is 1.83 bits per heavy atom. The highest BCUT2D eigenvalue weighted by atomic mass is 19.3. The van der Waals surface area contributed by atoms with E-state index in [0.29, 0.717) is 36.0 Å². The average Bonchev–Trinajstić information content (AvgIpc) is 3.38. The Hall–Kier alpha value is -3.66. The number of benzene rings is 2. The molecule has 0 saturated carbocycles. The monoisotopic (exact) mass is 570 g/mol. The van der Waals surface area contributed by atoms with Crippen LogP contribution in [0, 0.1) is 17.6 Å². The number of hydrogen-bond donors (Lipinski definition) is 2. The fraction of sp³-hybridized carbons (Fsp3) is 0.419. The maximum absolute atomic E-state index is 16.1. The average molecular weight is 571 g/mol. The van der Waals surface area contributed by atoms with Crippen LogP contribution in [0.4, 0.5) is 17.6 Å². The number of carbonyl (C=O) groups is 2. The molecule has 2 amide bonds. The van der Waals surface area contributed by atoms with Gasteiger partial charge in [0.1, 0.15) is 11.5 Å². The van der Waals surface area contributed by atoms with Crippen molar-refractivity contribution >= 4 is 28.3 Å². The third-order valence-electron chi connectivity index (χ3n) is 7.96. The summed E-state index contributed by atoms with van der Waals surface area (Å²) in [4.78, 5) is 31.4. The molecule has 1 atom stereocenters. The Balaban J connectivity index is 1.65. The van der Waals surface area contributed by atoms with Crippen LogP contribution in [0.2, 0.25) is 0 Å². The molecule has 5 rings (SSSR count). The van der Waals surface area contributed by atoms with Crippen LogP contribution in [-0.2, 0) is 4.79 Å². The standard InChI is InChI=1S/C31H34F4N4O2/c1-17(2)29(40)39-11-5-6-19(15-39)21-13-22(23-14-26(30(41)38(3)4)37-28(23)27(21)33)20-8-7-18(12-25(20)32)24-9-10-36-16-31(24,34)35/h6-8,12-14,17,24,36-37H,5,9-11,15-16H2,1-4H3. The number of hydrogen-bond acceptors (Lipinski definition) is 3. The summed E-state index contributed by atoms with van der Waals surface area (Å²) in [5, 5.41) is 2.97. The summed E-state index contributed by atoms with van der Waals surface area (Å²) >= 11 is 0. The number of H-pyrrole nitrogens is 1. The molecular formula is C31H34F4N4O2. The molecule has 2 aromatic carbocycles. The van der Waals surface area contributed by atoms with Gasteiger partial charge in [-0.2, -0.15) is 0 Å². The molecule has 1 unspecified atom stereocenters. The SMILES string of the molecule is CC(C)C(=O)N1CCC=C(c2cc(-c3ccc(C4CCNCC4(F)F)cc3F)c3cc(C(=O)N(C)C)[nH]c3c2F)C1. The van der Waals surface area contributed by atoms with Crippen molar-refractivity contribution in [3.05, 3.63) is 64.9 Å². The summed E-state index contributed by atoms with van der Waals surface area (Å²) in [5.41, 5.74) is 1.55. The second-order valence-electron chi connectivity index (χ2n) is 11.4. The number of nitrogens with zero attached hydrogens (tertiary/aromatic N) is 2. The molecule has 0 aliphatic carbocycles. The predicted molar refractivity (Wildman–Crippen MR) is 151 cm³/mol. The normalized spacial score (nSPS) is 19.0. The zero-order valence-electron chi connectivity index (χ0n) is 23.6. The van der Waals surface area contributed by atoms with E-state index < -0.39 is 30.0 Å². The lowest BCUT2D eigenvalue weighted by molar-refractivity contribution is -0.133. The van der Waals surface area contributed by atoms with E-state index in [1.807, 2.05) is 6.08 Å². The van der Waals surface area contributed by atoms with Crippen LogP contribution >= 0.6 is 0 Å². The molecular weight excluding hydrogens is 536 g/mol. The molecule has 2 N–H and O–H groups in total. The van der Waals surface area contributed by atoms with Gasteiger partial charge in [0.15, 0.2) is 5.82 Å². The number of piperidine rings is 1. The molecule has 1 fully saturated rings. The number of nitrogens with one attached hydrogen (secondary N) is 2. The van der Waals surface area contributed by atoms with E-state index in [0.717, 1.165) is 6.07 Å². The van der Waals surface area contributed by atoms with Gasteiger partial charge in [0.2, 0.25) is 5.91 Å². The van der Waals surface area contributed by atoms with Crippen molar-refractivity contribution < 1.29 is 27.2 Å². The van der Waals surface area contributed by atoms with Crippen molar-refractivity contribution in [2.24, 2.45) is 5.92 Å². The van der Waals surface area contributed by atoms with Crippen molar-refractivity contribution in [1.82, 2.24) is 20.1 Å². The molecule has 0 spiro atoms. The highest BCUT2D eigenvalue weighted by Crippen LogP contribution is 2.41. The predicted octanol–water partition coefficient (Wildman–Crippen LogP) is 5.80. The van der Waals surface area contributed by atoms with Gasteiger partial charge in [-0.05, 0) is 54.3 Å². The number of halogens is 4. The minimum absolute atomic E-state index is 0.0317. The quantitative estimate of drug-likeness (QED) is 0.381. The van der Waals surface area contributed by atoms with E-state index in [1.165, 1.54) is 29.2 Å². The molecule has 3 heterocycles. The first kappa shape index (κ1) is 28.9. The summed E-state index contributed by atoms with van der Waals surface area (Å²) in [7, 11) is 3.14. The number of aromatic amines is 1. The van der Waals surface area contributed by atoms with Crippen LogP contribution in [-0.4, -0.2) is 72.8 Å². The van der Waals surface area contributed by atoms with Gasteiger partial charge in [-0.1, -0.05) is 32.1 Å². The van der Waals surface area contributed by atoms with Gasteiger partial charge in [0.05, 0.1) is 18.0 Å². The van der Waals surface area contributed by atoms with Crippen LogP contribution in [0.25, 0.3) is 27.6 Å². The van der Waals surface area contributed by atoms with Crippen LogP contribution in [0.5, 0.6) is 0 Å². The number of fused-ring (bicyclic) bond motifs is 1. The van der Waals surface area contributed by atoms with Crippen molar-refractivity contribution in [3.8, 4) is 11.1 Å². The molecule has 1 aromatic heterocycles.